The van der Waals surface area contributed by atoms with Gasteiger partial charge < -0.3 is 15.0 Å². The normalized spacial score (nSPS) is 50.4. The molecule has 1 spiro atoms. The first-order chi connectivity index (χ1) is 11.6. The molecule has 0 aromatic heterocycles. The van der Waals surface area contributed by atoms with E-state index in [2.05, 4.69) is 42.1 Å². The lowest BCUT2D eigenvalue weighted by atomic mass is 9.51. The number of hydrogen-bond acceptors (Lipinski definition) is 3. The zero-order valence-corrected chi connectivity index (χ0v) is 13.9. The van der Waals surface area contributed by atoms with Gasteiger partial charge in [0.05, 0.1) is 12.7 Å². The number of nitrogens with zero attached hydrogens (tertiary/aromatic N) is 1. The highest BCUT2D eigenvalue weighted by Gasteiger charge is 2.79. The Labute approximate surface area is 141 Å². The number of fused-ring (bicyclic) bond motifs is 5. The van der Waals surface area contributed by atoms with Crippen molar-refractivity contribution in [3.05, 3.63) is 42.5 Å². The number of nitrogens with one attached hydrogen (secondary N) is 1. The lowest BCUT2D eigenvalue weighted by Gasteiger charge is -2.54. The molecule has 2 saturated carbocycles. The van der Waals surface area contributed by atoms with Crippen LogP contribution in [0, 0.1) is 23.2 Å². The second-order valence-electron chi connectivity index (χ2n) is 8.40. The van der Waals surface area contributed by atoms with Crippen LogP contribution in [0.25, 0.3) is 0 Å². The highest BCUT2D eigenvalue weighted by molar-refractivity contribution is 6.07. The van der Waals surface area contributed by atoms with E-state index in [1.165, 1.54) is 0 Å². The molecule has 5 aliphatic rings. The Morgan fingerprint density at radius 2 is 2.25 bits per heavy atom. The molecule has 7 atom stereocenters. The monoisotopic (exact) mass is 322 g/mol. The molecule has 1 aromatic carbocycles. The van der Waals surface area contributed by atoms with E-state index in [9.17, 15) is 4.79 Å². The smallest absolute Gasteiger partial charge is 0.238 e. The van der Waals surface area contributed by atoms with Crippen LogP contribution in [-0.2, 0) is 14.9 Å². The highest BCUT2D eigenvalue weighted by atomic mass is 16.5. The fourth-order valence-electron chi connectivity index (χ4n) is 7.38. The minimum atomic E-state index is -0.554. The van der Waals surface area contributed by atoms with E-state index < -0.39 is 5.41 Å². The number of anilines is 1. The number of carbonyl (C=O) groups excluding carboxylic acids is 1. The number of para-hydroxylation sites is 1. The van der Waals surface area contributed by atoms with Gasteiger partial charge in [-0.25, -0.2) is 0 Å². The Morgan fingerprint density at radius 1 is 1.42 bits per heavy atom. The maximum Gasteiger partial charge on any atom is 0.238 e. The van der Waals surface area contributed by atoms with Crippen LogP contribution in [0.2, 0.25) is 0 Å². The van der Waals surface area contributed by atoms with E-state index in [1.807, 2.05) is 12.1 Å². The average Bonchev–Trinajstić information content (AvgIpc) is 3.08. The molecular weight excluding hydrogens is 300 g/mol. The van der Waals surface area contributed by atoms with Crippen molar-refractivity contribution in [3.8, 4) is 0 Å². The third kappa shape index (κ3) is 1.12. The SMILES string of the molecule is C=C[C@]12CN(C)[C@@H]3[C@@H]4CO[C@@H](CC41)[C@@]1(C(=O)Nc4ccccc41)[C@H]32. The van der Waals surface area contributed by atoms with Crippen LogP contribution in [0.1, 0.15) is 12.0 Å². The van der Waals surface area contributed by atoms with Crippen LogP contribution in [0.15, 0.2) is 36.9 Å². The topological polar surface area (TPSA) is 41.6 Å². The van der Waals surface area contributed by atoms with Gasteiger partial charge in [0.2, 0.25) is 5.91 Å². The molecule has 3 heterocycles. The number of piperidine rings is 1. The largest absolute Gasteiger partial charge is 0.376 e. The minimum absolute atomic E-state index is 0.00280. The van der Waals surface area contributed by atoms with E-state index in [-0.39, 0.29) is 23.3 Å². The van der Waals surface area contributed by atoms with Gasteiger partial charge in [-0.15, -0.1) is 6.58 Å². The second-order valence-corrected chi connectivity index (χ2v) is 8.40. The number of hydrogen-bond donors (Lipinski definition) is 1. The van der Waals surface area contributed by atoms with Gasteiger partial charge in [0, 0.05) is 35.5 Å². The molecule has 124 valence electrons. The number of amides is 1. The van der Waals surface area contributed by atoms with Crippen molar-refractivity contribution in [2.75, 3.05) is 25.5 Å². The second kappa shape index (κ2) is 3.94. The molecule has 4 nitrogen and oxygen atoms in total. The number of ether oxygens (including phenoxy) is 1. The van der Waals surface area contributed by atoms with E-state index in [0.29, 0.717) is 17.9 Å². The van der Waals surface area contributed by atoms with Crippen LogP contribution < -0.4 is 5.32 Å². The molecule has 2 aliphatic carbocycles. The summed E-state index contributed by atoms with van der Waals surface area (Å²) < 4.78 is 6.34. The Hall–Kier alpha value is -1.65. The summed E-state index contributed by atoms with van der Waals surface area (Å²) in [5.41, 5.74) is 1.61. The fourth-order valence-corrected chi connectivity index (χ4v) is 7.38. The molecule has 2 saturated heterocycles. The van der Waals surface area contributed by atoms with Crippen molar-refractivity contribution >= 4 is 11.6 Å². The average molecular weight is 322 g/mol. The summed E-state index contributed by atoms with van der Waals surface area (Å²) in [6.07, 6.45) is 3.17. The summed E-state index contributed by atoms with van der Waals surface area (Å²) in [6, 6.07) is 8.64. The van der Waals surface area contributed by atoms with Gasteiger partial charge in [-0.2, -0.15) is 0 Å². The molecule has 5 bridgehead atoms. The quantitative estimate of drug-likeness (QED) is 0.805. The summed E-state index contributed by atoms with van der Waals surface area (Å²) >= 11 is 0. The molecule has 1 unspecified atom stereocenters. The molecule has 1 N–H and O–H groups in total. The Bertz CT molecular complexity index is 792. The van der Waals surface area contributed by atoms with Crippen LogP contribution in [-0.4, -0.2) is 43.2 Å². The van der Waals surface area contributed by atoms with Gasteiger partial charge in [-0.3, -0.25) is 4.79 Å². The van der Waals surface area contributed by atoms with Gasteiger partial charge in [0.15, 0.2) is 0 Å². The summed E-state index contributed by atoms with van der Waals surface area (Å²) in [5, 5.41) is 3.18. The van der Waals surface area contributed by atoms with Gasteiger partial charge in [0.25, 0.3) is 0 Å². The van der Waals surface area contributed by atoms with Gasteiger partial charge >= 0.3 is 0 Å². The van der Waals surface area contributed by atoms with Crippen LogP contribution in [0.5, 0.6) is 0 Å². The van der Waals surface area contributed by atoms with Gasteiger partial charge in [0.1, 0.15) is 5.41 Å². The summed E-state index contributed by atoms with van der Waals surface area (Å²) in [5.74, 6) is 1.56. The molecule has 6 rings (SSSR count). The zero-order valence-electron chi connectivity index (χ0n) is 13.9. The van der Waals surface area contributed by atoms with E-state index in [4.69, 9.17) is 4.74 Å². The maximum atomic E-state index is 13.4. The summed E-state index contributed by atoms with van der Waals surface area (Å²) in [4.78, 5) is 15.9. The Balaban J connectivity index is 1.69. The maximum absolute atomic E-state index is 13.4. The third-order valence-corrected chi connectivity index (χ3v) is 7.93. The van der Waals surface area contributed by atoms with Crippen molar-refractivity contribution in [3.63, 3.8) is 0 Å². The molecule has 24 heavy (non-hydrogen) atoms. The van der Waals surface area contributed by atoms with Crippen molar-refractivity contribution in [1.82, 2.24) is 4.90 Å². The summed E-state index contributed by atoms with van der Waals surface area (Å²) in [6.45, 7) is 6.06. The lowest BCUT2D eigenvalue weighted by molar-refractivity contribution is -0.153. The van der Waals surface area contributed by atoms with E-state index in [0.717, 1.165) is 30.8 Å². The van der Waals surface area contributed by atoms with Crippen molar-refractivity contribution < 1.29 is 9.53 Å². The van der Waals surface area contributed by atoms with Crippen LogP contribution in [0.3, 0.4) is 0 Å². The van der Waals surface area contributed by atoms with E-state index >= 15 is 0 Å². The number of benzene rings is 1. The van der Waals surface area contributed by atoms with Crippen molar-refractivity contribution in [2.45, 2.75) is 24.0 Å². The van der Waals surface area contributed by atoms with E-state index in [1.54, 1.807) is 0 Å². The molecule has 0 radical (unpaired) electrons. The first-order valence-corrected chi connectivity index (χ1v) is 9.01. The van der Waals surface area contributed by atoms with Gasteiger partial charge in [-0.05, 0) is 31.0 Å². The third-order valence-electron chi connectivity index (χ3n) is 7.93. The highest BCUT2D eigenvalue weighted by Crippen LogP contribution is 2.73. The van der Waals surface area contributed by atoms with Gasteiger partial charge in [-0.1, -0.05) is 24.3 Å². The molecule has 3 aliphatic heterocycles. The first kappa shape index (κ1) is 13.6. The van der Waals surface area contributed by atoms with Crippen molar-refractivity contribution in [2.24, 2.45) is 23.2 Å². The standard InChI is InChI=1S/C20H22N2O2/c1-3-19-10-22(2)16-11-9-24-15(8-13(11)19)20(17(16)19)12-6-4-5-7-14(12)21-18(20)23/h3-7,11,13,15-17H,1,8-10H2,2H3,(H,21,23)/t11-,13?,15+,16-,17-,19+,20-/m1/s1. The first-order valence-electron chi connectivity index (χ1n) is 9.01. The molecular formula is C20H22N2O2. The van der Waals surface area contributed by atoms with Crippen molar-refractivity contribution in [1.29, 1.82) is 0 Å². The summed E-state index contributed by atoms with van der Waals surface area (Å²) in [7, 11) is 2.21. The predicted octanol–water partition coefficient (Wildman–Crippen LogP) is 2.03. The minimum Gasteiger partial charge on any atom is -0.376 e. The number of likely N-dealkylation sites (tertiary alicyclic amines) is 1. The zero-order chi connectivity index (χ0) is 16.3. The van der Waals surface area contributed by atoms with Crippen LogP contribution in [0.4, 0.5) is 5.69 Å². The number of carbonyl (C=O) groups is 1. The fraction of sp³-hybridized carbons (Fsp3) is 0.550. The molecule has 1 amide bonds. The molecule has 4 heteroatoms. The number of rotatable bonds is 1. The lowest BCUT2D eigenvalue weighted by Crippen LogP contribution is -2.62. The molecule has 4 fully saturated rings. The van der Waals surface area contributed by atoms with Crippen LogP contribution >= 0.6 is 0 Å². The Kier molecular flexibility index (Phi) is 2.24. The Morgan fingerprint density at radius 3 is 3.08 bits per heavy atom. The molecule has 1 aromatic rings. The predicted molar refractivity (Wildman–Crippen MR) is 90.6 cm³/mol.